The number of rotatable bonds is 2. The predicted octanol–water partition coefficient (Wildman–Crippen LogP) is 1.20. The van der Waals surface area contributed by atoms with Crippen LogP contribution in [-0.4, -0.2) is 36.7 Å². The molecule has 13 heavy (non-hydrogen) atoms. The molecule has 0 heterocycles. The Balaban J connectivity index is 4.19. The number of aliphatic imine (C=N–C) groups is 1. The average molecular weight is 197 g/mol. The highest BCUT2D eigenvalue weighted by atomic mass is 19.4. The standard InChI is InChI=1S/C7H14F3N3/c1-5(2)12-6(11)13(3)4-7(8,9)10/h5H,4H2,1-3H3,(H2,11,12). The lowest BCUT2D eigenvalue weighted by molar-refractivity contribution is -0.135. The summed E-state index contributed by atoms with van der Waals surface area (Å²) in [6.07, 6.45) is -4.24. The number of nitrogens with two attached hydrogens (primary N) is 1. The lowest BCUT2D eigenvalue weighted by atomic mass is 10.4. The van der Waals surface area contributed by atoms with Crippen LogP contribution in [0.15, 0.2) is 4.99 Å². The van der Waals surface area contributed by atoms with Gasteiger partial charge in [0.25, 0.3) is 0 Å². The van der Waals surface area contributed by atoms with Crippen LogP contribution < -0.4 is 5.73 Å². The third-order valence-electron chi connectivity index (χ3n) is 1.20. The van der Waals surface area contributed by atoms with Crippen molar-refractivity contribution in [2.24, 2.45) is 10.7 Å². The third-order valence-corrected chi connectivity index (χ3v) is 1.20. The second kappa shape index (κ2) is 4.34. The summed E-state index contributed by atoms with van der Waals surface area (Å²) >= 11 is 0. The molecule has 0 aliphatic heterocycles. The fourth-order valence-electron chi connectivity index (χ4n) is 0.713. The minimum absolute atomic E-state index is 0.0904. The van der Waals surface area contributed by atoms with E-state index < -0.39 is 12.7 Å². The number of halogens is 3. The number of alkyl halides is 3. The second-order valence-corrected chi connectivity index (χ2v) is 3.05. The van der Waals surface area contributed by atoms with Crippen LogP contribution in [0.4, 0.5) is 13.2 Å². The first-order valence-electron chi connectivity index (χ1n) is 3.83. The molecule has 0 aliphatic carbocycles. The van der Waals surface area contributed by atoms with E-state index in [9.17, 15) is 13.2 Å². The summed E-state index contributed by atoms with van der Waals surface area (Å²) < 4.78 is 35.6. The van der Waals surface area contributed by atoms with Gasteiger partial charge < -0.3 is 10.6 Å². The Hall–Kier alpha value is -0.940. The van der Waals surface area contributed by atoms with Gasteiger partial charge in [0.2, 0.25) is 0 Å². The fraction of sp³-hybridized carbons (Fsp3) is 0.857. The van der Waals surface area contributed by atoms with Crippen molar-refractivity contribution >= 4 is 5.96 Å². The van der Waals surface area contributed by atoms with Crippen LogP contribution in [0.25, 0.3) is 0 Å². The second-order valence-electron chi connectivity index (χ2n) is 3.05. The van der Waals surface area contributed by atoms with E-state index >= 15 is 0 Å². The molecule has 0 aromatic rings. The van der Waals surface area contributed by atoms with Crippen LogP contribution >= 0.6 is 0 Å². The van der Waals surface area contributed by atoms with E-state index in [0.29, 0.717) is 0 Å². The highest BCUT2D eigenvalue weighted by Crippen LogP contribution is 2.15. The summed E-state index contributed by atoms with van der Waals surface area (Å²) in [5, 5.41) is 0. The molecule has 0 atom stereocenters. The van der Waals surface area contributed by atoms with Gasteiger partial charge in [-0.3, -0.25) is 4.99 Å². The fourth-order valence-corrected chi connectivity index (χ4v) is 0.713. The minimum atomic E-state index is -4.24. The van der Waals surface area contributed by atoms with E-state index in [-0.39, 0.29) is 12.0 Å². The normalized spacial score (nSPS) is 13.6. The Morgan fingerprint density at radius 3 is 2.23 bits per heavy atom. The molecule has 78 valence electrons. The van der Waals surface area contributed by atoms with E-state index in [1.54, 1.807) is 13.8 Å². The molecule has 2 N–H and O–H groups in total. The molecule has 0 unspecified atom stereocenters. The summed E-state index contributed by atoms with van der Waals surface area (Å²) in [6.45, 7) is 2.41. The van der Waals surface area contributed by atoms with Gasteiger partial charge in [-0.25, -0.2) is 0 Å². The van der Waals surface area contributed by atoms with Crippen molar-refractivity contribution < 1.29 is 13.2 Å². The number of hydrogen-bond donors (Lipinski definition) is 1. The van der Waals surface area contributed by atoms with Crippen molar-refractivity contribution in [3.05, 3.63) is 0 Å². The Bertz CT molecular complexity index is 186. The minimum Gasteiger partial charge on any atom is -0.370 e. The Morgan fingerprint density at radius 2 is 1.92 bits per heavy atom. The molecule has 0 bridgehead atoms. The maximum atomic E-state index is 11.9. The van der Waals surface area contributed by atoms with Crippen molar-refractivity contribution in [1.29, 1.82) is 0 Å². The zero-order valence-electron chi connectivity index (χ0n) is 7.89. The van der Waals surface area contributed by atoms with Gasteiger partial charge >= 0.3 is 6.18 Å². The van der Waals surface area contributed by atoms with Crippen LogP contribution in [0.3, 0.4) is 0 Å². The monoisotopic (exact) mass is 197 g/mol. The van der Waals surface area contributed by atoms with Gasteiger partial charge in [0.1, 0.15) is 6.54 Å². The topological polar surface area (TPSA) is 41.6 Å². The Labute approximate surface area is 75.4 Å². The van der Waals surface area contributed by atoms with Crippen LogP contribution in [0, 0.1) is 0 Å². The number of hydrogen-bond acceptors (Lipinski definition) is 1. The number of nitrogens with zero attached hydrogens (tertiary/aromatic N) is 2. The van der Waals surface area contributed by atoms with Gasteiger partial charge in [0, 0.05) is 13.1 Å². The van der Waals surface area contributed by atoms with Crippen molar-refractivity contribution in [3.8, 4) is 0 Å². The molecule has 6 heteroatoms. The van der Waals surface area contributed by atoms with Crippen LogP contribution in [0.1, 0.15) is 13.8 Å². The van der Waals surface area contributed by atoms with Gasteiger partial charge in [-0.15, -0.1) is 0 Å². The molecule has 0 aromatic carbocycles. The first-order chi connectivity index (χ1) is 5.72. The van der Waals surface area contributed by atoms with Gasteiger partial charge in [0.05, 0.1) is 0 Å². The molecule has 0 aliphatic rings. The first-order valence-corrected chi connectivity index (χ1v) is 3.83. The van der Waals surface area contributed by atoms with Crippen LogP contribution in [0.2, 0.25) is 0 Å². The molecule has 0 aromatic heterocycles. The van der Waals surface area contributed by atoms with Gasteiger partial charge in [-0.1, -0.05) is 0 Å². The van der Waals surface area contributed by atoms with Gasteiger partial charge in [-0.05, 0) is 13.8 Å². The molecular formula is C7H14F3N3. The highest BCUT2D eigenvalue weighted by Gasteiger charge is 2.29. The molecule has 0 saturated carbocycles. The average Bonchev–Trinajstić information content (AvgIpc) is 1.81. The van der Waals surface area contributed by atoms with E-state index in [1.807, 2.05) is 0 Å². The lowest BCUT2D eigenvalue weighted by Crippen LogP contribution is -2.40. The van der Waals surface area contributed by atoms with E-state index in [1.165, 1.54) is 7.05 Å². The maximum absolute atomic E-state index is 11.9. The zero-order valence-corrected chi connectivity index (χ0v) is 7.89. The van der Waals surface area contributed by atoms with E-state index in [2.05, 4.69) is 4.99 Å². The van der Waals surface area contributed by atoms with Crippen LogP contribution in [0.5, 0.6) is 0 Å². The van der Waals surface area contributed by atoms with Crippen LogP contribution in [-0.2, 0) is 0 Å². The zero-order chi connectivity index (χ0) is 10.6. The van der Waals surface area contributed by atoms with Crippen molar-refractivity contribution in [3.63, 3.8) is 0 Å². The summed E-state index contributed by atoms with van der Waals surface area (Å²) in [6, 6.07) is -0.101. The Kier molecular flexibility index (Phi) is 4.03. The van der Waals surface area contributed by atoms with Crippen molar-refractivity contribution in [2.75, 3.05) is 13.6 Å². The summed E-state index contributed by atoms with van der Waals surface area (Å²) in [7, 11) is 1.26. The quantitative estimate of drug-likeness (QED) is 0.534. The summed E-state index contributed by atoms with van der Waals surface area (Å²) in [5.41, 5.74) is 5.30. The largest absolute Gasteiger partial charge is 0.406 e. The molecule has 0 rings (SSSR count). The van der Waals surface area contributed by atoms with E-state index in [4.69, 9.17) is 5.73 Å². The maximum Gasteiger partial charge on any atom is 0.406 e. The molecule has 0 fully saturated rings. The molecule has 0 saturated heterocycles. The van der Waals surface area contributed by atoms with Crippen molar-refractivity contribution in [2.45, 2.75) is 26.1 Å². The lowest BCUT2D eigenvalue weighted by Gasteiger charge is -2.20. The summed E-state index contributed by atoms with van der Waals surface area (Å²) in [5.74, 6) is -0.0904. The highest BCUT2D eigenvalue weighted by molar-refractivity contribution is 5.77. The molecule has 0 radical (unpaired) electrons. The third kappa shape index (κ3) is 6.24. The predicted molar refractivity (Wildman–Crippen MR) is 45.4 cm³/mol. The Morgan fingerprint density at radius 1 is 1.46 bits per heavy atom. The summed E-state index contributed by atoms with van der Waals surface area (Å²) in [4.78, 5) is 4.66. The first kappa shape index (κ1) is 12.1. The smallest absolute Gasteiger partial charge is 0.370 e. The number of guanidine groups is 1. The molecule has 0 spiro atoms. The van der Waals surface area contributed by atoms with Crippen molar-refractivity contribution in [1.82, 2.24) is 4.90 Å². The van der Waals surface area contributed by atoms with Gasteiger partial charge in [0.15, 0.2) is 5.96 Å². The molecular weight excluding hydrogens is 183 g/mol. The van der Waals surface area contributed by atoms with E-state index in [0.717, 1.165) is 4.90 Å². The van der Waals surface area contributed by atoms with Gasteiger partial charge in [-0.2, -0.15) is 13.2 Å². The molecule has 3 nitrogen and oxygen atoms in total. The SMILES string of the molecule is CC(C)N=C(N)N(C)CC(F)(F)F. The molecule has 0 amide bonds.